The Morgan fingerprint density at radius 3 is 2.58 bits per heavy atom. The van der Waals surface area contributed by atoms with Gasteiger partial charge in [-0.2, -0.15) is 0 Å². The second-order valence-electron chi connectivity index (χ2n) is 4.81. The molecule has 2 N–H and O–H groups in total. The lowest BCUT2D eigenvalue weighted by molar-refractivity contribution is -0.139. The molecule has 5 heteroatoms. The van der Waals surface area contributed by atoms with Crippen LogP contribution < -0.4 is 10.1 Å². The monoisotopic (exact) mass is 263 g/mol. The minimum absolute atomic E-state index is 0.0694. The third-order valence-electron chi connectivity index (χ3n) is 3.32. The lowest BCUT2D eigenvalue weighted by Gasteiger charge is -2.15. The molecule has 2 rings (SSSR count). The Balaban J connectivity index is 2.12. The van der Waals surface area contributed by atoms with Gasteiger partial charge in [0, 0.05) is 5.56 Å². The lowest BCUT2D eigenvalue weighted by atomic mass is 10.1. The molecule has 1 aromatic rings. The average molecular weight is 263 g/mol. The maximum atomic E-state index is 12.1. The van der Waals surface area contributed by atoms with Gasteiger partial charge in [0.15, 0.2) is 0 Å². The first-order valence-corrected chi connectivity index (χ1v) is 6.21. The van der Waals surface area contributed by atoms with Gasteiger partial charge in [0.25, 0.3) is 5.91 Å². The number of benzene rings is 1. The molecule has 0 radical (unpaired) electrons. The molecule has 1 unspecified atom stereocenters. The van der Waals surface area contributed by atoms with Gasteiger partial charge in [0.2, 0.25) is 0 Å². The number of carboxylic acid groups (broad SMARTS) is 1. The summed E-state index contributed by atoms with van der Waals surface area (Å²) < 4.78 is 5.07. The fourth-order valence-electron chi connectivity index (χ4n) is 2.05. The van der Waals surface area contributed by atoms with Crippen molar-refractivity contribution < 1.29 is 19.4 Å². The summed E-state index contributed by atoms with van der Waals surface area (Å²) in [7, 11) is 1.56. The summed E-state index contributed by atoms with van der Waals surface area (Å²) in [6.07, 6.45) is 1.72. The average Bonchev–Trinajstić information content (AvgIpc) is 3.19. The van der Waals surface area contributed by atoms with Crippen molar-refractivity contribution in [1.82, 2.24) is 5.32 Å². The van der Waals surface area contributed by atoms with Crippen LogP contribution in [0.5, 0.6) is 5.75 Å². The van der Waals surface area contributed by atoms with E-state index in [0.717, 1.165) is 18.4 Å². The summed E-state index contributed by atoms with van der Waals surface area (Å²) in [5.41, 5.74) is 1.24. The number of hydrogen-bond donors (Lipinski definition) is 2. The predicted molar refractivity (Wildman–Crippen MR) is 69.3 cm³/mol. The minimum Gasteiger partial charge on any atom is -0.497 e. The standard InChI is InChI=1S/C14H17NO4/c1-8-7-10(19-2)5-6-11(8)13(16)15-12(14(17)18)9-3-4-9/h5-7,9,12H,3-4H2,1-2H3,(H,15,16)(H,17,18). The second-order valence-corrected chi connectivity index (χ2v) is 4.81. The fourth-order valence-corrected chi connectivity index (χ4v) is 2.05. The van der Waals surface area contributed by atoms with Crippen molar-refractivity contribution in [1.29, 1.82) is 0 Å². The fraction of sp³-hybridized carbons (Fsp3) is 0.429. The van der Waals surface area contributed by atoms with Crippen molar-refractivity contribution >= 4 is 11.9 Å². The Kier molecular flexibility index (Phi) is 3.74. The SMILES string of the molecule is COc1ccc(C(=O)NC(C(=O)O)C2CC2)c(C)c1. The molecule has 102 valence electrons. The van der Waals surface area contributed by atoms with E-state index >= 15 is 0 Å². The van der Waals surface area contributed by atoms with Crippen molar-refractivity contribution in [2.24, 2.45) is 5.92 Å². The number of amides is 1. The molecule has 1 fully saturated rings. The van der Waals surface area contributed by atoms with E-state index in [1.807, 2.05) is 0 Å². The first-order valence-electron chi connectivity index (χ1n) is 6.21. The molecule has 0 aromatic heterocycles. The van der Waals surface area contributed by atoms with Crippen LogP contribution in [0, 0.1) is 12.8 Å². The maximum absolute atomic E-state index is 12.1. The highest BCUT2D eigenvalue weighted by Crippen LogP contribution is 2.33. The van der Waals surface area contributed by atoms with Crippen molar-refractivity contribution in [2.75, 3.05) is 7.11 Å². The van der Waals surface area contributed by atoms with Crippen LogP contribution >= 0.6 is 0 Å². The molecule has 1 aromatic carbocycles. The van der Waals surface area contributed by atoms with Gasteiger partial charge < -0.3 is 15.2 Å². The molecule has 1 aliphatic rings. The number of ether oxygens (including phenoxy) is 1. The van der Waals surface area contributed by atoms with E-state index in [1.54, 1.807) is 32.2 Å². The summed E-state index contributed by atoms with van der Waals surface area (Å²) in [5, 5.41) is 11.7. The Morgan fingerprint density at radius 1 is 1.42 bits per heavy atom. The van der Waals surface area contributed by atoms with Crippen LogP contribution in [0.2, 0.25) is 0 Å². The largest absolute Gasteiger partial charge is 0.497 e. The molecule has 5 nitrogen and oxygen atoms in total. The van der Waals surface area contributed by atoms with E-state index in [2.05, 4.69) is 5.32 Å². The third-order valence-corrected chi connectivity index (χ3v) is 3.32. The Labute approximate surface area is 111 Å². The zero-order chi connectivity index (χ0) is 14.0. The lowest BCUT2D eigenvalue weighted by Crippen LogP contribution is -2.42. The number of carbonyl (C=O) groups is 2. The molecule has 0 aliphatic heterocycles. The van der Waals surface area contributed by atoms with Crippen LogP contribution in [-0.2, 0) is 4.79 Å². The molecule has 1 atom stereocenters. The third kappa shape index (κ3) is 3.05. The van der Waals surface area contributed by atoms with Gasteiger partial charge in [-0.15, -0.1) is 0 Å². The Bertz CT molecular complexity index is 508. The van der Waals surface area contributed by atoms with Crippen LogP contribution in [0.1, 0.15) is 28.8 Å². The Morgan fingerprint density at radius 2 is 2.11 bits per heavy atom. The smallest absolute Gasteiger partial charge is 0.326 e. The van der Waals surface area contributed by atoms with E-state index in [4.69, 9.17) is 9.84 Å². The summed E-state index contributed by atoms with van der Waals surface area (Å²) >= 11 is 0. The molecular weight excluding hydrogens is 246 g/mol. The minimum atomic E-state index is -0.970. The molecule has 0 spiro atoms. The highest BCUT2D eigenvalue weighted by molar-refractivity contribution is 5.98. The van der Waals surface area contributed by atoms with Gasteiger partial charge in [0.1, 0.15) is 11.8 Å². The van der Waals surface area contributed by atoms with Crippen LogP contribution in [0.25, 0.3) is 0 Å². The quantitative estimate of drug-likeness (QED) is 0.846. The molecule has 1 amide bonds. The second kappa shape index (κ2) is 5.30. The van der Waals surface area contributed by atoms with E-state index in [9.17, 15) is 9.59 Å². The number of carboxylic acids is 1. The number of hydrogen-bond acceptors (Lipinski definition) is 3. The van der Waals surface area contributed by atoms with Gasteiger partial charge in [-0.25, -0.2) is 4.79 Å². The van der Waals surface area contributed by atoms with Crippen molar-refractivity contribution in [3.63, 3.8) is 0 Å². The maximum Gasteiger partial charge on any atom is 0.326 e. The number of nitrogens with one attached hydrogen (secondary N) is 1. The van der Waals surface area contributed by atoms with Gasteiger partial charge >= 0.3 is 5.97 Å². The summed E-state index contributed by atoms with van der Waals surface area (Å²) in [6.45, 7) is 1.80. The first kappa shape index (κ1) is 13.4. The number of rotatable bonds is 5. The zero-order valence-corrected chi connectivity index (χ0v) is 11.0. The normalized spacial score (nSPS) is 15.7. The molecule has 19 heavy (non-hydrogen) atoms. The van der Waals surface area contributed by atoms with E-state index in [1.165, 1.54) is 0 Å². The van der Waals surface area contributed by atoms with Gasteiger partial charge in [0.05, 0.1) is 7.11 Å². The van der Waals surface area contributed by atoms with E-state index in [-0.39, 0.29) is 11.8 Å². The molecule has 0 bridgehead atoms. The predicted octanol–water partition coefficient (Wildman–Crippen LogP) is 1.60. The molecule has 0 heterocycles. The van der Waals surface area contributed by atoms with Crippen LogP contribution in [0.15, 0.2) is 18.2 Å². The van der Waals surface area contributed by atoms with Crippen molar-refractivity contribution in [3.05, 3.63) is 29.3 Å². The zero-order valence-electron chi connectivity index (χ0n) is 11.0. The van der Waals surface area contributed by atoms with Gasteiger partial charge in [-0.3, -0.25) is 4.79 Å². The van der Waals surface area contributed by atoms with Crippen LogP contribution in [-0.4, -0.2) is 30.1 Å². The molecule has 0 saturated heterocycles. The van der Waals surface area contributed by atoms with Crippen molar-refractivity contribution in [3.8, 4) is 5.75 Å². The number of carbonyl (C=O) groups excluding carboxylic acids is 1. The van der Waals surface area contributed by atoms with Gasteiger partial charge in [-0.1, -0.05) is 0 Å². The molecule has 1 aliphatic carbocycles. The summed E-state index contributed by atoms with van der Waals surface area (Å²) in [6, 6.07) is 4.31. The van der Waals surface area contributed by atoms with E-state index in [0.29, 0.717) is 11.3 Å². The summed E-state index contributed by atoms with van der Waals surface area (Å²) in [5.74, 6) is -0.576. The highest BCUT2D eigenvalue weighted by Gasteiger charge is 2.37. The highest BCUT2D eigenvalue weighted by atomic mass is 16.5. The number of aliphatic carboxylic acids is 1. The topological polar surface area (TPSA) is 75.6 Å². The number of aryl methyl sites for hydroxylation is 1. The molecule has 1 saturated carbocycles. The van der Waals surface area contributed by atoms with E-state index < -0.39 is 12.0 Å². The molecular formula is C14H17NO4. The first-order chi connectivity index (χ1) is 9.02. The number of methoxy groups -OCH3 is 1. The van der Waals surface area contributed by atoms with Crippen LogP contribution in [0.3, 0.4) is 0 Å². The Hall–Kier alpha value is -2.04. The summed E-state index contributed by atoms with van der Waals surface area (Å²) in [4.78, 5) is 23.2. The van der Waals surface area contributed by atoms with Crippen molar-refractivity contribution in [2.45, 2.75) is 25.8 Å². The van der Waals surface area contributed by atoms with Gasteiger partial charge in [-0.05, 0) is 49.4 Å². The van der Waals surface area contributed by atoms with Crippen LogP contribution in [0.4, 0.5) is 0 Å².